The highest BCUT2D eigenvalue weighted by atomic mass is 16.3. The van der Waals surface area contributed by atoms with Crippen LogP contribution in [-0.4, -0.2) is 11.0 Å². The van der Waals surface area contributed by atoms with Gasteiger partial charge in [0, 0.05) is 12.1 Å². The molecule has 0 spiro atoms. The van der Waals surface area contributed by atoms with Gasteiger partial charge in [-0.2, -0.15) is 0 Å². The molecule has 0 bridgehead atoms. The number of carbonyl (C=O) groups is 1. The Morgan fingerprint density at radius 3 is 2.79 bits per heavy atom. The lowest BCUT2D eigenvalue weighted by molar-refractivity contribution is -0.116. The number of amides is 1. The third-order valence-electron chi connectivity index (χ3n) is 3.66. The van der Waals surface area contributed by atoms with Gasteiger partial charge < -0.3 is 10.4 Å². The van der Waals surface area contributed by atoms with Crippen LogP contribution in [0.25, 0.3) is 0 Å². The van der Waals surface area contributed by atoms with Crippen LogP contribution in [0.5, 0.6) is 0 Å². The monoisotopic (exact) mass is 261 g/mol. The molecular weight excluding hydrogens is 238 g/mol. The Labute approximate surface area is 115 Å². The molecule has 1 aromatic carbocycles. The van der Waals surface area contributed by atoms with E-state index in [1.807, 2.05) is 18.2 Å². The summed E-state index contributed by atoms with van der Waals surface area (Å²) in [5.74, 6) is 0.696. The molecule has 104 valence electrons. The first-order valence-corrected chi connectivity index (χ1v) is 7.17. The second-order valence-electron chi connectivity index (χ2n) is 5.81. The summed E-state index contributed by atoms with van der Waals surface area (Å²) in [6.45, 7) is 4.33. The summed E-state index contributed by atoms with van der Waals surface area (Å²) in [4.78, 5) is 11.5. The Balaban J connectivity index is 2.11. The van der Waals surface area contributed by atoms with Gasteiger partial charge in [0.15, 0.2) is 0 Å². The van der Waals surface area contributed by atoms with E-state index in [-0.39, 0.29) is 5.91 Å². The van der Waals surface area contributed by atoms with Crippen molar-refractivity contribution in [2.45, 2.75) is 52.1 Å². The third-order valence-corrected chi connectivity index (χ3v) is 3.66. The molecule has 1 unspecified atom stereocenters. The molecule has 0 fully saturated rings. The van der Waals surface area contributed by atoms with Crippen molar-refractivity contribution in [2.24, 2.45) is 5.92 Å². The molecule has 0 aliphatic carbocycles. The largest absolute Gasteiger partial charge is 0.388 e. The van der Waals surface area contributed by atoms with Crippen LogP contribution in [0.15, 0.2) is 18.2 Å². The number of aliphatic hydroxyl groups excluding tert-OH is 1. The minimum atomic E-state index is -0.397. The standard InChI is InChI=1S/C16H23NO2/c1-11(2)6-9-15(18)13-7-8-14-12(10-13)4-3-5-16(19)17-14/h7-8,10-11,15,18H,3-6,9H2,1-2H3,(H,17,19). The van der Waals surface area contributed by atoms with Crippen LogP contribution in [0.3, 0.4) is 0 Å². The molecule has 0 aromatic heterocycles. The normalized spacial score (nSPS) is 16.7. The molecule has 1 aliphatic rings. The summed E-state index contributed by atoms with van der Waals surface area (Å²) in [7, 11) is 0. The van der Waals surface area contributed by atoms with E-state index >= 15 is 0 Å². The van der Waals surface area contributed by atoms with E-state index in [2.05, 4.69) is 19.2 Å². The van der Waals surface area contributed by atoms with Crippen LogP contribution >= 0.6 is 0 Å². The summed E-state index contributed by atoms with van der Waals surface area (Å²) in [5, 5.41) is 13.1. The molecule has 2 rings (SSSR count). The van der Waals surface area contributed by atoms with Crippen molar-refractivity contribution in [3.8, 4) is 0 Å². The topological polar surface area (TPSA) is 49.3 Å². The Kier molecular flexibility index (Phi) is 4.59. The van der Waals surface area contributed by atoms with Gasteiger partial charge in [0.05, 0.1) is 6.10 Å². The van der Waals surface area contributed by atoms with E-state index in [9.17, 15) is 9.90 Å². The molecule has 1 amide bonds. The molecular formula is C16H23NO2. The lowest BCUT2D eigenvalue weighted by atomic mass is 9.97. The maximum atomic E-state index is 11.5. The zero-order valence-corrected chi connectivity index (χ0v) is 11.8. The second kappa shape index (κ2) is 6.20. The van der Waals surface area contributed by atoms with Crippen LogP contribution in [-0.2, 0) is 11.2 Å². The van der Waals surface area contributed by atoms with Gasteiger partial charge in [0.1, 0.15) is 0 Å². The highest BCUT2D eigenvalue weighted by Crippen LogP contribution is 2.28. The number of hydrogen-bond acceptors (Lipinski definition) is 2. The molecule has 0 saturated heterocycles. The first-order valence-electron chi connectivity index (χ1n) is 7.17. The average Bonchev–Trinajstić information content (AvgIpc) is 2.55. The van der Waals surface area contributed by atoms with E-state index in [1.54, 1.807) is 0 Å². The number of rotatable bonds is 4. The number of hydrogen-bond donors (Lipinski definition) is 2. The maximum Gasteiger partial charge on any atom is 0.224 e. The molecule has 1 heterocycles. The predicted molar refractivity (Wildman–Crippen MR) is 77.0 cm³/mol. The summed E-state index contributed by atoms with van der Waals surface area (Å²) < 4.78 is 0. The smallest absolute Gasteiger partial charge is 0.224 e. The van der Waals surface area contributed by atoms with E-state index in [4.69, 9.17) is 0 Å². The zero-order valence-electron chi connectivity index (χ0n) is 11.8. The van der Waals surface area contributed by atoms with Crippen molar-refractivity contribution < 1.29 is 9.90 Å². The van der Waals surface area contributed by atoms with Crippen LogP contribution in [0, 0.1) is 5.92 Å². The van der Waals surface area contributed by atoms with Crippen LogP contribution in [0.1, 0.15) is 56.8 Å². The summed E-state index contributed by atoms with van der Waals surface area (Å²) in [5.41, 5.74) is 3.02. The number of fused-ring (bicyclic) bond motifs is 1. The number of carbonyl (C=O) groups excluding carboxylic acids is 1. The highest BCUT2D eigenvalue weighted by Gasteiger charge is 2.15. The first kappa shape index (κ1) is 14.1. The van der Waals surface area contributed by atoms with Crippen molar-refractivity contribution in [3.05, 3.63) is 29.3 Å². The molecule has 0 radical (unpaired) electrons. The molecule has 1 atom stereocenters. The van der Waals surface area contributed by atoms with Crippen LogP contribution in [0.2, 0.25) is 0 Å². The molecule has 1 aromatic rings. The van der Waals surface area contributed by atoms with Gasteiger partial charge >= 0.3 is 0 Å². The first-order chi connectivity index (χ1) is 9.06. The fourth-order valence-corrected chi connectivity index (χ4v) is 2.46. The van der Waals surface area contributed by atoms with Gasteiger partial charge in [-0.05, 0) is 48.8 Å². The SMILES string of the molecule is CC(C)CCC(O)c1ccc2c(c1)CCCC(=O)N2. The van der Waals surface area contributed by atoms with Crippen molar-refractivity contribution in [3.63, 3.8) is 0 Å². The van der Waals surface area contributed by atoms with Crippen LogP contribution < -0.4 is 5.32 Å². The summed E-state index contributed by atoms with van der Waals surface area (Å²) in [6, 6.07) is 5.90. The fraction of sp³-hybridized carbons (Fsp3) is 0.562. The quantitative estimate of drug-likeness (QED) is 0.872. The Morgan fingerprint density at radius 1 is 1.26 bits per heavy atom. The van der Waals surface area contributed by atoms with Crippen molar-refractivity contribution in [1.29, 1.82) is 0 Å². The van der Waals surface area contributed by atoms with Crippen molar-refractivity contribution in [2.75, 3.05) is 5.32 Å². The summed E-state index contributed by atoms with van der Waals surface area (Å²) in [6.07, 6.45) is 3.78. The Hall–Kier alpha value is -1.35. The molecule has 1 aliphatic heterocycles. The number of nitrogens with one attached hydrogen (secondary N) is 1. The minimum absolute atomic E-state index is 0.0897. The average molecular weight is 261 g/mol. The van der Waals surface area contributed by atoms with Gasteiger partial charge in [0.25, 0.3) is 0 Å². The molecule has 3 heteroatoms. The van der Waals surface area contributed by atoms with Crippen molar-refractivity contribution in [1.82, 2.24) is 0 Å². The fourth-order valence-electron chi connectivity index (χ4n) is 2.46. The van der Waals surface area contributed by atoms with E-state index in [0.29, 0.717) is 12.3 Å². The predicted octanol–water partition coefficient (Wildman–Crippen LogP) is 3.43. The highest BCUT2D eigenvalue weighted by molar-refractivity contribution is 5.92. The van der Waals surface area contributed by atoms with E-state index in [1.165, 1.54) is 0 Å². The Morgan fingerprint density at radius 2 is 2.05 bits per heavy atom. The van der Waals surface area contributed by atoms with Crippen LogP contribution in [0.4, 0.5) is 5.69 Å². The summed E-state index contributed by atoms with van der Waals surface area (Å²) >= 11 is 0. The lowest BCUT2D eigenvalue weighted by Crippen LogP contribution is -2.09. The molecule has 0 saturated carbocycles. The Bertz CT molecular complexity index is 454. The molecule has 2 N–H and O–H groups in total. The van der Waals surface area contributed by atoms with Gasteiger partial charge in [0.2, 0.25) is 5.91 Å². The lowest BCUT2D eigenvalue weighted by Gasteiger charge is -2.15. The zero-order chi connectivity index (χ0) is 13.8. The molecule has 3 nitrogen and oxygen atoms in total. The van der Waals surface area contributed by atoms with Crippen molar-refractivity contribution >= 4 is 11.6 Å². The number of aryl methyl sites for hydroxylation is 1. The van der Waals surface area contributed by atoms with E-state index in [0.717, 1.165) is 42.5 Å². The van der Waals surface area contributed by atoms with Gasteiger partial charge in [-0.15, -0.1) is 0 Å². The molecule has 19 heavy (non-hydrogen) atoms. The number of benzene rings is 1. The maximum absolute atomic E-state index is 11.5. The minimum Gasteiger partial charge on any atom is -0.388 e. The van der Waals surface area contributed by atoms with Gasteiger partial charge in [-0.1, -0.05) is 26.0 Å². The number of aliphatic hydroxyl groups is 1. The van der Waals surface area contributed by atoms with E-state index < -0.39 is 6.10 Å². The van der Waals surface area contributed by atoms with Gasteiger partial charge in [-0.3, -0.25) is 4.79 Å². The second-order valence-corrected chi connectivity index (χ2v) is 5.81. The third kappa shape index (κ3) is 3.80. The van der Waals surface area contributed by atoms with Gasteiger partial charge in [-0.25, -0.2) is 0 Å². The number of anilines is 1.